The maximum Gasteiger partial charge on any atom is 0.257 e. The Bertz CT molecular complexity index is 769. The molecule has 0 fully saturated rings. The minimum Gasteiger partial charge on any atom is -0.493 e. The third-order valence-electron chi connectivity index (χ3n) is 3.02. The van der Waals surface area contributed by atoms with Gasteiger partial charge < -0.3 is 15.2 Å². The van der Waals surface area contributed by atoms with Gasteiger partial charge in [-0.25, -0.2) is 0 Å². The van der Waals surface area contributed by atoms with Crippen molar-refractivity contribution in [1.29, 1.82) is 0 Å². The van der Waals surface area contributed by atoms with Gasteiger partial charge in [0, 0.05) is 10.6 Å². The van der Waals surface area contributed by atoms with Crippen LogP contribution in [0.5, 0.6) is 11.5 Å². The Hall–Kier alpha value is -1.58. The number of halogens is 2. The van der Waals surface area contributed by atoms with E-state index in [1.165, 1.54) is 7.11 Å². The molecule has 0 aliphatic rings. The third kappa shape index (κ3) is 4.96. The van der Waals surface area contributed by atoms with E-state index in [4.69, 9.17) is 26.8 Å². The molecule has 1 amide bonds. The maximum atomic E-state index is 12.0. The summed E-state index contributed by atoms with van der Waals surface area (Å²) in [4.78, 5) is 12.0. The number of ether oxygens (including phenoxy) is 2. The van der Waals surface area contributed by atoms with E-state index in [1.54, 1.807) is 24.3 Å². The van der Waals surface area contributed by atoms with Crippen LogP contribution in [0.1, 0.15) is 15.9 Å². The molecular weight excluding hydrogens is 463 g/mol. The van der Waals surface area contributed by atoms with Gasteiger partial charge in [0.2, 0.25) is 0 Å². The van der Waals surface area contributed by atoms with Crippen LogP contribution in [0.3, 0.4) is 0 Å². The topological polar surface area (TPSA) is 73.6 Å². The molecule has 0 saturated carbocycles. The molecule has 0 bridgehead atoms. The second kappa shape index (κ2) is 8.50. The SMILES string of the molecule is COc1cc(C(=O)NC(N)=S)cc(I)c1OCc1ccc(Cl)cc1. The second-order valence-electron chi connectivity index (χ2n) is 4.72. The number of carbonyl (C=O) groups excluding carboxylic acids is 1. The highest BCUT2D eigenvalue weighted by molar-refractivity contribution is 14.1. The van der Waals surface area contributed by atoms with E-state index < -0.39 is 5.91 Å². The number of methoxy groups -OCH3 is 1. The van der Waals surface area contributed by atoms with Gasteiger partial charge in [-0.1, -0.05) is 23.7 Å². The third-order valence-corrected chi connectivity index (χ3v) is 4.18. The van der Waals surface area contributed by atoms with Gasteiger partial charge in [0.25, 0.3) is 5.91 Å². The van der Waals surface area contributed by atoms with Crippen molar-refractivity contribution in [3.63, 3.8) is 0 Å². The lowest BCUT2D eigenvalue weighted by Crippen LogP contribution is -2.34. The molecule has 0 saturated heterocycles. The summed E-state index contributed by atoms with van der Waals surface area (Å²) in [5.41, 5.74) is 6.67. The van der Waals surface area contributed by atoms with Crippen LogP contribution in [-0.2, 0) is 6.61 Å². The zero-order chi connectivity index (χ0) is 17.7. The molecule has 8 heteroatoms. The summed E-state index contributed by atoms with van der Waals surface area (Å²) < 4.78 is 11.9. The van der Waals surface area contributed by atoms with Crippen LogP contribution in [0.15, 0.2) is 36.4 Å². The van der Waals surface area contributed by atoms with Crippen LogP contribution in [0.25, 0.3) is 0 Å². The fourth-order valence-corrected chi connectivity index (χ4v) is 2.89. The number of hydrogen-bond acceptors (Lipinski definition) is 4. The van der Waals surface area contributed by atoms with Crippen LogP contribution < -0.4 is 20.5 Å². The molecule has 0 aliphatic heterocycles. The van der Waals surface area contributed by atoms with E-state index in [0.717, 1.165) is 9.13 Å². The van der Waals surface area contributed by atoms with Gasteiger partial charge in [-0.3, -0.25) is 10.1 Å². The molecule has 0 heterocycles. The largest absolute Gasteiger partial charge is 0.493 e. The molecule has 5 nitrogen and oxygen atoms in total. The number of benzene rings is 2. The highest BCUT2D eigenvalue weighted by Gasteiger charge is 2.16. The maximum absolute atomic E-state index is 12.0. The lowest BCUT2D eigenvalue weighted by atomic mass is 10.2. The Morgan fingerprint density at radius 1 is 1.33 bits per heavy atom. The van der Waals surface area contributed by atoms with Gasteiger partial charge in [-0.2, -0.15) is 0 Å². The summed E-state index contributed by atoms with van der Waals surface area (Å²) >= 11 is 12.6. The lowest BCUT2D eigenvalue weighted by molar-refractivity contribution is 0.0977. The van der Waals surface area contributed by atoms with Gasteiger partial charge in [0.15, 0.2) is 16.6 Å². The monoisotopic (exact) mass is 476 g/mol. The van der Waals surface area contributed by atoms with Crippen LogP contribution >= 0.6 is 46.4 Å². The Kier molecular flexibility index (Phi) is 6.64. The van der Waals surface area contributed by atoms with Gasteiger partial charge in [0.1, 0.15) is 6.61 Å². The Morgan fingerprint density at radius 2 is 2.00 bits per heavy atom. The smallest absolute Gasteiger partial charge is 0.257 e. The predicted molar refractivity (Wildman–Crippen MR) is 106 cm³/mol. The first-order chi connectivity index (χ1) is 11.4. The number of nitrogens with one attached hydrogen (secondary N) is 1. The molecule has 126 valence electrons. The van der Waals surface area contributed by atoms with E-state index in [1.807, 2.05) is 12.1 Å². The number of rotatable bonds is 5. The van der Waals surface area contributed by atoms with Gasteiger partial charge in [-0.05, 0) is 64.6 Å². The summed E-state index contributed by atoms with van der Waals surface area (Å²) in [5.74, 6) is 0.604. The molecule has 0 aliphatic carbocycles. The average Bonchev–Trinajstić information content (AvgIpc) is 2.54. The normalized spacial score (nSPS) is 10.1. The zero-order valence-corrected chi connectivity index (χ0v) is 16.4. The first-order valence-corrected chi connectivity index (χ1v) is 8.62. The Balaban J connectivity index is 2.21. The molecule has 0 aromatic heterocycles. The van der Waals surface area contributed by atoms with E-state index >= 15 is 0 Å². The van der Waals surface area contributed by atoms with E-state index in [-0.39, 0.29) is 5.11 Å². The second-order valence-corrected chi connectivity index (χ2v) is 6.76. The summed E-state index contributed by atoms with van der Waals surface area (Å²) in [6, 6.07) is 10.6. The van der Waals surface area contributed by atoms with Crippen molar-refractivity contribution in [2.75, 3.05) is 7.11 Å². The molecule has 3 N–H and O–H groups in total. The van der Waals surface area contributed by atoms with Crippen molar-refractivity contribution in [3.05, 3.63) is 56.1 Å². The number of thiocarbonyl (C=S) groups is 1. The predicted octanol–water partition coefficient (Wildman–Crippen LogP) is 3.51. The molecule has 2 rings (SSSR count). The molecule has 0 atom stereocenters. The number of carbonyl (C=O) groups is 1. The first kappa shape index (κ1) is 18.8. The number of hydrogen-bond donors (Lipinski definition) is 2. The van der Waals surface area contributed by atoms with Gasteiger partial charge in [-0.15, -0.1) is 0 Å². The Morgan fingerprint density at radius 3 is 2.58 bits per heavy atom. The average molecular weight is 477 g/mol. The van der Waals surface area contributed by atoms with Crippen molar-refractivity contribution < 1.29 is 14.3 Å². The number of nitrogens with two attached hydrogens (primary N) is 1. The van der Waals surface area contributed by atoms with Gasteiger partial charge in [0.05, 0.1) is 10.7 Å². The first-order valence-electron chi connectivity index (χ1n) is 6.76. The lowest BCUT2D eigenvalue weighted by Gasteiger charge is -2.14. The molecule has 0 spiro atoms. The summed E-state index contributed by atoms with van der Waals surface area (Å²) in [6.07, 6.45) is 0. The summed E-state index contributed by atoms with van der Waals surface area (Å²) in [7, 11) is 1.51. The summed E-state index contributed by atoms with van der Waals surface area (Å²) in [6.45, 7) is 0.349. The Labute approximate surface area is 163 Å². The zero-order valence-electron chi connectivity index (χ0n) is 12.6. The molecule has 24 heavy (non-hydrogen) atoms. The van der Waals surface area contributed by atoms with Crippen LogP contribution in [0.4, 0.5) is 0 Å². The van der Waals surface area contributed by atoms with Crippen molar-refractivity contribution >= 4 is 57.4 Å². The molecule has 0 radical (unpaired) electrons. The van der Waals surface area contributed by atoms with E-state index in [2.05, 4.69) is 40.1 Å². The van der Waals surface area contributed by atoms with Crippen LogP contribution in [0.2, 0.25) is 5.02 Å². The highest BCUT2D eigenvalue weighted by atomic mass is 127. The summed E-state index contributed by atoms with van der Waals surface area (Å²) in [5, 5.41) is 2.96. The molecule has 2 aromatic carbocycles. The fourth-order valence-electron chi connectivity index (χ4n) is 1.91. The van der Waals surface area contributed by atoms with E-state index in [9.17, 15) is 4.79 Å². The van der Waals surface area contributed by atoms with Crippen molar-refractivity contribution in [3.8, 4) is 11.5 Å². The minimum absolute atomic E-state index is 0.0861. The van der Waals surface area contributed by atoms with Crippen molar-refractivity contribution in [2.24, 2.45) is 5.73 Å². The van der Waals surface area contributed by atoms with Crippen molar-refractivity contribution in [1.82, 2.24) is 5.32 Å². The van der Waals surface area contributed by atoms with Crippen LogP contribution in [0, 0.1) is 3.57 Å². The standard InChI is InChI=1S/C16H14ClIN2O3S/c1-22-13-7-10(15(21)20-16(19)24)6-12(18)14(13)23-8-9-2-4-11(17)5-3-9/h2-7H,8H2,1H3,(H3,19,20,21,24). The number of amides is 1. The minimum atomic E-state index is -0.400. The molecule has 2 aromatic rings. The molecule has 0 unspecified atom stereocenters. The quantitative estimate of drug-likeness (QED) is 0.510. The van der Waals surface area contributed by atoms with Gasteiger partial charge >= 0.3 is 0 Å². The van der Waals surface area contributed by atoms with Crippen molar-refractivity contribution in [2.45, 2.75) is 6.61 Å². The fraction of sp³-hybridized carbons (Fsp3) is 0.125. The van der Waals surface area contributed by atoms with E-state index in [0.29, 0.717) is 28.7 Å². The molecular formula is C16H14ClIN2O3S. The van der Waals surface area contributed by atoms with Crippen LogP contribution in [-0.4, -0.2) is 18.1 Å². The highest BCUT2D eigenvalue weighted by Crippen LogP contribution is 2.34.